The van der Waals surface area contributed by atoms with Crippen LogP contribution in [0, 0.1) is 0 Å². The molecule has 1 aromatic carbocycles. The number of unbranched alkanes of at least 4 members (excludes halogenated alkanes) is 15. The monoisotopic (exact) mass is 484 g/mol. The molecule has 0 saturated carbocycles. The zero-order valence-electron chi connectivity index (χ0n) is 20.9. The molecule has 0 aliphatic heterocycles. The molecule has 0 aliphatic rings. The fraction of sp³-hybridized carbons (Fsp3) is 0.778. The van der Waals surface area contributed by atoms with Crippen LogP contribution < -0.4 is 0 Å². The first-order valence-corrected chi connectivity index (χ1v) is 14.7. The second-order valence-corrected chi connectivity index (χ2v) is 10.6. The third-order valence-electron chi connectivity index (χ3n) is 5.94. The highest BCUT2D eigenvalue weighted by Gasteiger charge is 2.21. The predicted molar refractivity (Wildman–Crippen MR) is 136 cm³/mol. The minimum absolute atomic E-state index is 0.0707. The fourth-order valence-corrected chi connectivity index (χ4v) is 4.98. The number of hydrogen-bond acceptors (Lipinski definition) is 5. The van der Waals surface area contributed by atoms with Crippen LogP contribution in [-0.4, -0.2) is 39.4 Å². The van der Waals surface area contributed by atoms with E-state index in [1.54, 1.807) is 18.2 Å². The second kappa shape index (κ2) is 20.4. The SMILES string of the molecule is CCCCCCCCCCCCCCCCCCOCC(CO)OS(=O)(=O)c1ccccc1. The maximum absolute atomic E-state index is 12.2. The summed E-state index contributed by atoms with van der Waals surface area (Å²) in [7, 11) is -3.89. The van der Waals surface area contributed by atoms with Crippen molar-refractivity contribution < 1.29 is 22.4 Å². The van der Waals surface area contributed by atoms with Crippen LogP contribution in [-0.2, 0) is 19.0 Å². The molecule has 0 saturated heterocycles. The van der Waals surface area contributed by atoms with Crippen molar-refractivity contribution in [3.63, 3.8) is 0 Å². The summed E-state index contributed by atoms with van der Waals surface area (Å²) in [4.78, 5) is 0.0845. The molecule has 1 aromatic rings. The molecular formula is C27H48O5S. The van der Waals surface area contributed by atoms with E-state index in [2.05, 4.69) is 6.92 Å². The average Bonchev–Trinajstić information content (AvgIpc) is 2.83. The Hall–Kier alpha value is -0.950. The van der Waals surface area contributed by atoms with Crippen LogP contribution in [0.3, 0.4) is 0 Å². The molecule has 6 heteroatoms. The van der Waals surface area contributed by atoms with E-state index in [1.165, 1.54) is 102 Å². The fourth-order valence-electron chi connectivity index (χ4n) is 3.90. The van der Waals surface area contributed by atoms with E-state index in [4.69, 9.17) is 8.92 Å². The zero-order valence-corrected chi connectivity index (χ0v) is 21.7. The molecule has 1 rings (SSSR count). The van der Waals surface area contributed by atoms with Gasteiger partial charge in [0.1, 0.15) is 6.10 Å². The molecule has 0 aromatic heterocycles. The molecule has 1 atom stereocenters. The molecule has 0 heterocycles. The normalized spacial score (nSPS) is 12.8. The summed E-state index contributed by atoms with van der Waals surface area (Å²) in [6.07, 6.45) is 20.3. The summed E-state index contributed by atoms with van der Waals surface area (Å²) >= 11 is 0. The van der Waals surface area contributed by atoms with Gasteiger partial charge in [0.25, 0.3) is 10.1 Å². The topological polar surface area (TPSA) is 72.8 Å². The average molecular weight is 485 g/mol. The predicted octanol–water partition coefficient (Wildman–Crippen LogP) is 7.03. The minimum Gasteiger partial charge on any atom is -0.394 e. The second-order valence-electron chi connectivity index (χ2n) is 9.05. The minimum atomic E-state index is -3.89. The Bertz CT molecular complexity index is 648. The van der Waals surface area contributed by atoms with Gasteiger partial charge < -0.3 is 9.84 Å². The number of aliphatic hydroxyl groups is 1. The Labute approximate surface area is 203 Å². The van der Waals surface area contributed by atoms with Gasteiger partial charge in [0.2, 0.25) is 0 Å². The summed E-state index contributed by atoms with van der Waals surface area (Å²) in [5.74, 6) is 0. The number of benzene rings is 1. The lowest BCUT2D eigenvalue weighted by Crippen LogP contribution is -2.27. The summed E-state index contributed by atoms with van der Waals surface area (Å²) in [6, 6.07) is 7.96. The molecule has 0 fully saturated rings. The highest BCUT2D eigenvalue weighted by molar-refractivity contribution is 7.86. The highest BCUT2D eigenvalue weighted by atomic mass is 32.2. The van der Waals surface area contributed by atoms with Gasteiger partial charge in [0.05, 0.1) is 18.1 Å². The van der Waals surface area contributed by atoms with Crippen LogP contribution in [0.25, 0.3) is 0 Å². The summed E-state index contributed by atoms with van der Waals surface area (Å²) in [5.41, 5.74) is 0. The molecule has 0 spiro atoms. The smallest absolute Gasteiger partial charge is 0.297 e. The van der Waals surface area contributed by atoms with Crippen LogP contribution >= 0.6 is 0 Å². The van der Waals surface area contributed by atoms with Crippen LogP contribution in [0.4, 0.5) is 0 Å². The van der Waals surface area contributed by atoms with Crippen molar-refractivity contribution in [2.24, 2.45) is 0 Å². The van der Waals surface area contributed by atoms with E-state index < -0.39 is 22.8 Å². The van der Waals surface area contributed by atoms with Crippen molar-refractivity contribution in [2.75, 3.05) is 19.8 Å². The van der Waals surface area contributed by atoms with Crippen molar-refractivity contribution in [1.82, 2.24) is 0 Å². The Morgan fingerprint density at radius 1 is 0.727 bits per heavy atom. The van der Waals surface area contributed by atoms with Gasteiger partial charge >= 0.3 is 0 Å². The molecule has 1 N–H and O–H groups in total. The van der Waals surface area contributed by atoms with E-state index in [1.807, 2.05) is 0 Å². The first-order chi connectivity index (χ1) is 16.1. The molecule has 1 unspecified atom stereocenters. The van der Waals surface area contributed by atoms with E-state index in [9.17, 15) is 13.5 Å². The molecule has 0 aliphatic carbocycles. The van der Waals surface area contributed by atoms with E-state index in [0.717, 1.165) is 12.8 Å². The Morgan fingerprint density at radius 3 is 1.64 bits per heavy atom. The first-order valence-electron chi connectivity index (χ1n) is 13.3. The van der Waals surface area contributed by atoms with Crippen molar-refractivity contribution in [2.45, 2.75) is 121 Å². The Balaban J connectivity index is 1.90. The largest absolute Gasteiger partial charge is 0.394 e. The molecule has 0 amide bonds. The Kier molecular flexibility index (Phi) is 18.6. The van der Waals surface area contributed by atoms with Crippen LogP contribution in [0.15, 0.2) is 35.2 Å². The molecule has 0 radical (unpaired) electrons. The van der Waals surface area contributed by atoms with Crippen molar-refractivity contribution in [3.8, 4) is 0 Å². The van der Waals surface area contributed by atoms with E-state index in [-0.39, 0.29) is 11.5 Å². The lowest BCUT2D eigenvalue weighted by atomic mass is 10.0. The van der Waals surface area contributed by atoms with Crippen molar-refractivity contribution in [3.05, 3.63) is 30.3 Å². The quantitative estimate of drug-likeness (QED) is 0.133. The van der Waals surface area contributed by atoms with Gasteiger partial charge in [-0.3, -0.25) is 4.18 Å². The van der Waals surface area contributed by atoms with Crippen molar-refractivity contribution in [1.29, 1.82) is 0 Å². The third-order valence-corrected chi connectivity index (χ3v) is 7.32. The lowest BCUT2D eigenvalue weighted by Gasteiger charge is -2.15. The number of aliphatic hydroxyl groups excluding tert-OH is 1. The zero-order chi connectivity index (χ0) is 24.0. The van der Waals surface area contributed by atoms with Gasteiger partial charge in [0, 0.05) is 6.61 Å². The van der Waals surface area contributed by atoms with Crippen LogP contribution in [0.1, 0.15) is 110 Å². The number of rotatable bonds is 23. The third kappa shape index (κ3) is 16.3. The molecular weight excluding hydrogens is 436 g/mol. The molecule has 33 heavy (non-hydrogen) atoms. The van der Waals surface area contributed by atoms with Gasteiger partial charge in [-0.1, -0.05) is 121 Å². The molecule has 0 bridgehead atoms. The van der Waals surface area contributed by atoms with Crippen LogP contribution in [0.2, 0.25) is 0 Å². The van der Waals surface area contributed by atoms with Gasteiger partial charge in [-0.05, 0) is 18.6 Å². The maximum Gasteiger partial charge on any atom is 0.297 e. The van der Waals surface area contributed by atoms with Gasteiger partial charge in [-0.15, -0.1) is 0 Å². The lowest BCUT2D eigenvalue weighted by molar-refractivity contribution is 0.0220. The van der Waals surface area contributed by atoms with Gasteiger partial charge in [-0.2, -0.15) is 8.42 Å². The standard InChI is InChI=1S/C27H48O5S/c1-2-3-4-5-6-7-8-9-10-11-12-13-14-15-16-20-23-31-25-26(24-28)32-33(29,30)27-21-18-17-19-22-27/h17-19,21-22,26,28H,2-16,20,23-25H2,1H3. The molecule has 192 valence electrons. The highest BCUT2D eigenvalue weighted by Crippen LogP contribution is 2.15. The van der Waals surface area contributed by atoms with Gasteiger partial charge in [0.15, 0.2) is 0 Å². The maximum atomic E-state index is 12.2. The summed E-state index contributed by atoms with van der Waals surface area (Å²) in [6.45, 7) is 2.50. The number of ether oxygens (including phenoxy) is 1. The van der Waals surface area contributed by atoms with Crippen LogP contribution in [0.5, 0.6) is 0 Å². The van der Waals surface area contributed by atoms with Gasteiger partial charge in [-0.25, -0.2) is 0 Å². The van der Waals surface area contributed by atoms with Crippen molar-refractivity contribution >= 4 is 10.1 Å². The number of hydrogen-bond donors (Lipinski definition) is 1. The molecule has 5 nitrogen and oxygen atoms in total. The summed E-state index contributed by atoms with van der Waals surface area (Å²) in [5, 5.41) is 9.41. The first kappa shape index (κ1) is 30.1. The van der Waals surface area contributed by atoms with E-state index >= 15 is 0 Å². The van der Waals surface area contributed by atoms with E-state index in [0.29, 0.717) is 6.61 Å². The summed E-state index contributed by atoms with van der Waals surface area (Å²) < 4.78 is 35.1. The Morgan fingerprint density at radius 2 is 1.18 bits per heavy atom.